The number of alkyl halides is 8. The van der Waals surface area contributed by atoms with Gasteiger partial charge in [0.15, 0.2) is 5.17 Å². The average Bonchev–Trinajstić information content (AvgIpc) is 2.37. The van der Waals surface area contributed by atoms with Crippen molar-refractivity contribution in [2.45, 2.75) is 18.3 Å². The molecule has 0 saturated heterocycles. The Hall–Kier alpha value is -1.60. The van der Waals surface area contributed by atoms with Crippen LogP contribution in [0.2, 0.25) is 5.02 Å². The summed E-state index contributed by atoms with van der Waals surface area (Å²) in [6.07, 6.45) is -11.0. The van der Waals surface area contributed by atoms with Crippen LogP contribution in [0.5, 0.6) is 0 Å². The maximum absolute atomic E-state index is 13.0. The van der Waals surface area contributed by atoms with E-state index in [0.29, 0.717) is 0 Å². The third kappa shape index (κ3) is 4.03. The Balaban J connectivity index is 3.52. The molecule has 12 heteroatoms. The van der Waals surface area contributed by atoms with Gasteiger partial charge in [0.25, 0.3) is 0 Å². The van der Waals surface area contributed by atoms with E-state index in [9.17, 15) is 35.1 Å². The summed E-state index contributed by atoms with van der Waals surface area (Å²) in [4.78, 5) is 2.68. The van der Waals surface area contributed by atoms with Crippen LogP contribution in [0.1, 0.15) is 11.1 Å². The van der Waals surface area contributed by atoms with Crippen molar-refractivity contribution in [2.75, 3.05) is 0 Å². The fraction of sp³-hybridized carbons (Fsp3) is 0.273. The van der Waals surface area contributed by atoms with Gasteiger partial charge in [0.05, 0.1) is 16.1 Å². The standard InChI is InChI=1S/C11H2Cl2F8N2/c12-6-2-5(10(16,17)18)1-4(3-22)7(6)23-8(13)9(14,15)11(19,20)21/h1-2H. The molecule has 2 nitrogen and oxygen atoms in total. The first-order valence-electron chi connectivity index (χ1n) is 5.22. The number of aliphatic imine (C=N–C) groups is 1. The molecule has 23 heavy (non-hydrogen) atoms. The molecular formula is C11H2Cl2F8N2. The summed E-state index contributed by atoms with van der Waals surface area (Å²) < 4.78 is 99.9. The lowest BCUT2D eigenvalue weighted by molar-refractivity contribution is -0.248. The molecule has 0 aliphatic rings. The summed E-state index contributed by atoms with van der Waals surface area (Å²) in [5, 5.41) is 5.46. The SMILES string of the molecule is N#Cc1cc(C(F)(F)F)cc(Cl)c1N=C(Cl)C(F)(F)C(F)(F)F. The molecule has 0 amide bonds. The molecule has 0 saturated carbocycles. The third-order valence-corrected chi connectivity index (χ3v) is 2.95. The molecule has 126 valence electrons. The Morgan fingerprint density at radius 2 is 1.57 bits per heavy atom. The van der Waals surface area contributed by atoms with Gasteiger partial charge < -0.3 is 0 Å². The van der Waals surface area contributed by atoms with Gasteiger partial charge in [-0.25, -0.2) is 4.99 Å². The number of nitriles is 1. The molecule has 0 aliphatic heterocycles. The van der Waals surface area contributed by atoms with Gasteiger partial charge in [0.2, 0.25) is 0 Å². The quantitative estimate of drug-likeness (QED) is 0.476. The van der Waals surface area contributed by atoms with E-state index in [-0.39, 0.29) is 12.1 Å². The van der Waals surface area contributed by atoms with Crippen LogP contribution in [0, 0.1) is 11.3 Å². The number of rotatable bonds is 2. The Kier molecular flexibility index (Phi) is 5.18. The molecule has 0 fully saturated rings. The predicted octanol–water partition coefficient (Wildman–Crippen LogP) is 5.70. The van der Waals surface area contributed by atoms with Gasteiger partial charge in [0, 0.05) is 0 Å². The summed E-state index contributed by atoms with van der Waals surface area (Å²) in [5.74, 6) is -5.56. The summed E-state index contributed by atoms with van der Waals surface area (Å²) >= 11 is 10.2. The second-order valence-electron chi connectivity index (χ2n) is 3.94. The van der Waals surface area contributed by atoms with Crippen LogP contribution in [0.25, 0.3) is 0 Å². The predicted molar refractivity (Wildman–Crippen MR) is 65.1 cm³/mol. The van der Waals surface area contributed by atoms with Gasteiger partial charge >= 0.3 is 18.3 Å². The molecular weight excluding hydrogens is 383 g/mol. The van der Waals surface area contributed by atoms with Crippen LogP contribution in [0.4, 0.5) is 40.8 Å². The number of hydrogen-bond donors (Lipinski definition) is 0. The zero-order valence-corrected chi connectivity index (χ0v) is 11.8. The van der Waals surface area contributed by atoms with Crippen molar-refractivity contribution in [3.63, 3.8) is 0 Å². The molecule has 1 aromatic carbocycles. The zero-order chi connectivity index (χ0) is 18.2. The second kappa shape index (κ2) is 6.13. The highest BCUT2D eigenvalue weighted by atomic mass is 35.5. The number of halogens is 10. The maximum Gasteiger partial charge on any atom is 0.460 e. The van der Waals surface area contributed by atoms with Crippen LogP contribution in [-0.2, 0) is 6.18 Å². The minimum atomic E-state index is -6.08. The van der Waals surface area contributed by atoms with Gasteiger partial charge in [-0.15, -0.1) is 0 Å². The highest BCUT2D eigenvalue weighted by Gasteiger charge is 2.61. The van der Waals surface area contributed by atoms with Crippen molar-refractivity contribution in [2.24, 2.45) is 4.99 Å². The highest BCUT2D eigenvalue weighted by molar-refractivity contribution is 6.67. The van der Waals surface area contributed by atoms with Crippen molar-refractivity contribution in [3.8, 4) is 6.07 Å². The molecule has 1 rings (SSSR count). The third-order valence-electron chi connectivity index (χ3n) is 2.34. The number of benzene rings is 1. The molecule has 0 atom stereocenters. The summed E-state index contributed by atoms with van der Waals surface area (Å²) in [6, 6.07) is 1.58. The molecule has 0 spiro atoms. The lowest BCUT2D eigenvalue weighted by Gasteiger charge is -2.18. The fourth-order valence-electron chi connectivity index (χ4n) is 1.25. The summed E-state index contributed by atoms with van der Waals surface area (Å²) in [5.41, 5.74) is -3.41. The zero-order valence-electron chi connectivity index (χ0n) is 10.3. The van der Waals surface area contributed by atoms with Crippen molar-refractivity contribution in [3.05, 3.63) is 28.3 Å². The van der Waals surface area contributed by atoms with E-state index in [1.54, 1.807) is 0 Å². The number of hydrogen-bond acceptors (Lipinski definition) is 2. The van der Waals surface area contributed by atoms with Gasteiger partial charge in [-0.3, -0.25) is 0 Å². The lowest BCUT2D eigenvalue weighted by atomic mass is 10.1. The molecule has 0 heterocycles. The average molecular weight is 385 g/mol. The first-order chi connectivity index (χ1) is 10.2. The lowest BCUT2D eigenvalue weighted by Crippen LogP contribution is -2.41. The first kappa shape index (κ1) is 19.4. The van der Waals surface area contributed by atoms with Gasteiger partial charge in [-0.1, -0.05) is 23.2 Å². The molecule has 0 N–H and O–H groups in total. The van der Waals surface area contributed by atoms with Crippen LogP contribution in [-0.4, -0.2) is 17.3 Å². The smallest absolute Gasteiger partial charge is 0.232 e. The maximum atomic E-state index is 13.0. The minimum absolute atomic E-state index is 0.195. The van der Waals surface area contributed by atoms with Crippen molar-refractivity contribution >= 4 is 34.1 Å². The van der Waals surface area contributed by atoms with Crippen molar-refractivity contribution in [1.29, 1.82) is 5.26 Å². The molecule has 0 radical (unpaired) electrons. The van der Waals surface area contributed by atoms with Crippen LogP contribution < -0.4 is 0 Å². The Morgan fingerprint density at radius 1 is 1.04 bits per heavy atom. The van der Waals surface area contributed by atoms with E-state index >= 15 is 0 Å². The van der Waals surface area contributed by atoms with E-state index in [4.69, 9.17) is 28.5 Å². The Labute approximate surface area is 132 Å². The normalized spacial score (nSPS) is 13.9. The van der Waals surface area contributed by atoms with E-state index < -0.39 is 45.3 Å². The first-order valence-corrected chi connectivity index (χ1v) is 5.97. The molecule has 0 unspecified atom stereocenters. The van der Waals surface area contributed by atoms with Crippen LogP contribution >= 0.6 is 23.2 Å². The summed E-state index contributed by atoms with van der Waals surface area (Å²) in [6.45, 7) is 0. The van der Waals surface area contributed by atoms with Gasteiger partial charge in [-0.2, -0.15) is 40.4 Å². The topological polar surface area (TPSA) is 36.1 Å². The molecule has 1 aromatic rings. The molecule has 0 aliphatic carbocycles. The molecule has 0 aromatic heterocycles. The highest BCUT2D eigenvalue weighted by Crippen LogP contribution is 2.41. The monoisotopic (exact) mass is 384 g/mol. The van der Waals surface area contributed by atoms with Gasteiger partial charge in [-0.05, 0) is 12.1 Å². The molecule has 0 bridgehead atoms. The second-order valence-corrected chi connectivity index (χ2v) is 4.70. The van der Waals surface area contributed by atoms with E-state index in [1.165, 1.54) is 6.07 Å². The minimum Gasteiger partial charge on any atom is -0.232 e. The Morgan fingerprint density at radius 3 is 1.96 bits per heavy atom. The van der Waals surface area contributed by atoms with E-state index in [1.807, 2.05) is 0 Å². The van der Waals surface area contributed by atoms with Crippen LogP contribution in [0.3, 0.4) is 0 Å². The van der Waals surface area contributed by atoms with Crippen molar-refractivity contribution < 1.29 is 35.1 Å². The fourth-order valence-corrected chi connectivity index (χ4v) is 1.70. The van der Waals surface area contributed by atoms with E-state index in [0.717, 1.165) is 0 Å². The summed E-state index contributed by atoms with van der Waals surface area (Å²) in [7, 11) is 0. The largest absolute Gasteiger partial charge is 0.460 e. The Bertz CT molecular complexity index is 685. The van der Waals surface area contributed by atoms with E-state index in [2.05, 4.69) is 4.99 Å². The van der Waals surface area contributed by atoms with Gasteiger partial charge in [0.1, 0.15) is 11.8 Å². The van der Waals surface area contributed by atoms with Crippen LogP contribution in [0.15, 0.2) is 17.1 Å². The van der Waals surface area contributed by atoms with Crippen molar-refractivity contribution in [1.82, 2.24) is 0 Å². The number of nitrogens with zero attached hydrogens (tertiary/aromatic N) is 2.